The molecule has 3 aromatic rings. The third-order valence-corrected chi connectivity index (χ3v) is 3.49. The number of benzene rings is 1. The van der Waals surface area contributed by atoms with Gasteiger partial charge in [0.05, 0.1) is 10.7 Å². The van der Waals surface area contributed by atoms with Crippen molar-refractivity contribution < 1.29 is 0 Å². The van der Waals surface area contributed by atoms with Crippen LogP contribution in [-0.2, 0) is 0 Å². The van der Waals surface area contributed by atoms with Gasteiger partial charge in [0.1, 0.15) is 5.82 Å². The van der Waals surface area contributed by atoms with E-state index in [0.717, 1.165) is 28.4 Å². The second kappa shape index (κ2) is 5.71. The first-order chi connectivity index (χ1) is 10.2. The summed E-state index contributed by atoms with van der Waals surface area (Å²) in [6.07, 6.45) is 0. The van der Waals surface area contributed by atoms with E-state index in [-0.39, 0.29) is 0 Å². The minimum absolute atomic E-state index is 0.557. The Labute approximate surface area is 127 Å². The Morgan fingerprint density at radius 2 is 2.10 bits per heavy atom. The summed E-state index contributed by atoms with van der Waals surface area (Å²) in [5.74, 6) is 0.876. The first-order valence-electron chi connectivity index (χ1n) is 6.75. The number of nitrogens with two attached hydrogens (primary N) is 1. The van der Waals surface area contributed by atoms with E-state index >= 15 is 0 Å². The van der Waals surface area contributed by atoms with Crippen LogP contribution in [0.1, 0.15) is 5.69 Å². The number of rotatable bonds is 4. The lowest BCUT2D eigenvalue weighted by Crippen LogP contribution is -2.15. The van der Waals surface area contributed by atoms with Crippen LogP contribution in [-0.4, -0.2) is 27.7 Å². The predicted molar refractivity (Wildman–Crippen MR) is 85.7 cm³/mol. The Morgan fingerprint density at radius 3 is 2.86 bits per heavy atom. The average Bonchev–Trinajstić information content (AvgIpc) is 2.88. The number of nitrogens with one attached hydrogen (secondary N) is 1. The van der Waals surface area contributed by atoms with Gasteiger partial charge in [0.2, 0.25) is 0 Å². The van der Waals surface area contributed by atoms with Gasteiger partial charge in [-0.2, -0.15) is 9.61 Å². The van der Waals surface area contributed by atoms with Gasteiger partial charge in [-0.25, -0.2) is 4.98 Å². The molecule has 0 aliphatic heterocycles. The Morgan fingerprint density at radius 1 is 1.29 bits per heavy atom. The van der Waals surface area contributed by atoms with Crippen LogP contribution in [0.25, 0.3) is 16.9 Å². The minimum atomic E-state index is 0.557. The van der Waals surface area contributed by atoms with E-state index in [0.29, 0.717) is 18.1 Å². The van der Waals surface area contributed by atoms with Gasteiger partial charge in [0, 0.05) is 36.5 Å². The molecule has 0 radical (unpaired) electrons. The molecule has 0 bridgehead atoms. The topological polar surface area (TPSA) is 68.2 Å². The summed E-state index contributed by atoms with van der Waals surface area (Å²) in [5.41, 5.74) is 8.95. The lowest BCUT2D eigenvalue weighted by molar-refractivity contribution is 0.911. The highest BCUT2D eigenvalue weighted by molar-refractivity contribution is 6.33. The Bertz CT molecular complexity index is 781. The van der Waals surface area contributed by atoms with Crippen molar-refractivity contribution in [2.75, 3.05) is 18.4 Å². The molecule has 0 saturated heterocycles. The van der Waals surface area contributed by atoms with Gasteiger partial charge in [0.15, 0.2) is 5.65 Å². The zero-order chi connectivity index (χ0) is 14.8. The maximum Gasteiger partial charge on any atom is 0.158 e. The molecule has 3 rings (SSSR count). The van der Waals surface area contributed by atoms with Gasteiger partial charge in [-0.15, -0.1) is 0 Å². The number of fused-ring (bicyclic) bond motifs is 1. The van der Waals surface area contributed by atoms with Gasteiger partial charge in [-0.3, -0.25) is 0 Å². The monoisotopic (exact) mass is 301 g/mol. The van der Waals surface area contributed by atoms with E-state index in [1.165, 1.54) is 0 Å². The van der Waals surface area contributed by atoms with Crippen LogP contribution in [0.4, 0.5) is 5.82 Å². The molecule has 6 heteroatoms. The number of aryl methyl sites for hydroxylation is 1. The summed E-state index contributed by atoms with van der Waals surface area (Å²) in [6, 6.07) is 11.5. The van der Waals surface area contributed by atoms with Crippen LogP contribution in [0.2, 0.25) is 5.02 Å². The fourth-order valence-electron chi connectivity index (χ4n) is 2.23. The SMILES string of the molecule is Cc1cc(NCCN)n2nc(-c3ccccc3Cl)cc2n1. The van der Waals surface area contributed by atoms with Crippen molar-refractivity contribution >= 4 is 23.1 Å². The first-order valence-corrected chi connectivity index (χ1v) is 7.13. The Balaban J connectivity index is 2.13. The van der Waals surface area contributed by atoms with E-state index in [4.69, 9.17) is 17.3 Å². The summed E-state index contributed by atoms with van der Waals surface area (Å²) < 4.78 is 1.78. The molecule has 0 atom stereocenters. The third-order valence-electron chi connectivity index (χ3n) is 3.16. The Hall–Kier alpha value is -2.11. The van der Waals surface area contributed by atoms with Crippen LogP contribution < -0.4 is 11.1 Å². The van der Waals surface area contributed by atoms with Crippen molar-refractivity contribution in [3.8, 4) is 11.3 Å². The lowest BCUT2D eigenvalue weighted by Gasteiger charge is -2.07. The molecule has 0 amide bonds. The molecule has 1 aromatic carbocycles. The molecular formula is C15H16ClN5. The second-order valence-corrected chi connectivity index (χ2v) is 5.18. The van der Waals surface area contributed by atoms with Crippen LogP contribution in [0, 0.1) is 6.92 Å². The zero-order valence-electron chi connectivity index (χ0n) is 11.7. The van der Waals surface area contributed by atoms with E-state index in [1.807, 2.05) is 43.3 Å². The number of anilines is 1. The van der Waals surface area contributed by atoms with Crippen molar-refractivity contribution in [2.24, 2.45) is 5.73 Å². The van der Waals surface area contributed by atoms with Crippen LogP contribution in [0.3, 0.4) is 0 Å². The molecule has 0 saturated carbocycles. The number of hydrogen-bond donors (Lipinski definition) is 2. The van der Waals surface area contributed by atoms with Crippen LogP contribution >= 0.6 is 11.6 Å². The smallest absolute Gasteiger partial charge is 0.158 e. The number of nitrogens with zero attached hydrogens (tertiary/aromatic N) is 3. The van der Waals surface area contributed by atoms with Crippen molar-refractivity contribution in [2.45, 2.75) is 6.92 Å². The molecule has 0 unspecified atom stereocenters. The second-order valence-electron chi connectivity index (χ2n) is 4.78. The molecule has 5 nitrogen and oxygen atoms in total. The summed E-state index contributed by atoms with van der Waals surface area (Å²) in [4.78, 5) is 4.51. The molecule has 0 spiro atoms. The van der Waals surface area contributed by atoms with Gasteiger partial charge < -0.3 is 11.1 Å². The fraction of sp³-hybridized carbons (Fsp3) is 0.200. The summed E-state index contributed by atoms with van der Waals surface area (Å²) in [7, 11) is 0. The normalized spacial score (nSPS) is 11.0. The fourth-order valence-corrected chi connectivity index (χ4v) is 2.46. The highest BCUT2D eigenvalue weighted by Gasteiger charge is 2.11. The first kappa shape index (κ1) is 13.9. The summed E-state index contributed by atoms with van der Waals surface area (Å²) in [5, 5.41) is 8.54. The molecular weight excluding hydrogens is 286 g/mol. The molecule has 3 N–H and O–H groups in total. The van der Waals surface area contributed by atoms with Gasteiger partial charge in [0.25, 0.3) is 0 Å². The van der Waals surface area contributed by atoms with Crippen LogP contribution in [0.15, 0.2) is 36.4 Å². The summed E-state index contributed by atoms with van der Waals surface area (Å²) >= 11 is 6.24. The molecule has 108 valence electrons. The number of hydrogen-bond acceptors (Lipinski definition) is 4. The van der Waals surface area contributed by atoms with E-state index in [2.05, 4.69) is 15.4 Å². The van der Waals surface area contributed by atoms with Crippen molar-refractivity contribution in [1.29, 1.82) is 0 Å². The molecule has 0 aliphatic carbocycles. The molecule has 21 heavy (non-hydrogen) atoms. The van der Waals surface area contributed by atoms with Gasteiger partial charge in [-0.1, -0.05) is 29.8 Å². The van der Waals surface area contributed by atoms with Crippen molar-refractivity contribution in [1.82, 2.24) is 14.6 Å². The number of aromatic nitrogens is 3. The van der Waals surface area contributed by atoms with Crippen molar-refractivity contribution in [3.63, 3.8) is 0 Å². The maximum atomic E-state index is 6.24. The molecule has 2 heterocycles. The molecule has 2 aromatic heterocycles. The van der Waals surface area contributed by atoms with E-state index < -0.39 is 0 Å². The van der Waals surface area contributed by atoms with E-state index in [1.54, 1.807) is 4.52 Å². The average molecular weight is 302 g/mol. The largest absolute Gasteiger partial charge is 0.369 e. The van der Waals surface area contributed by atoms with Gasteiger partial charge >= 0.3 is 0 Å². The third kappa shape index (κ3) is 2.70. The standard InChI is InChI=1S/C15H16ClN5/c1-10-8-14(18-7-6-17)21-15(19-10)9-13(20-21)11-4-2-3-5-12(11)16/h2-5,8-9,18H,6-7,17H2,1H3. The minimum Gasteiger partial charge on any atom is -0.369 e. The lowest BCUT2D eigenvalue weighted by atomic mass is 10.1. The van der Waals surface area contributed by atoms with Gasteiger partial charge in [-0.05, 0) is 13.0 Å². The quantitative estimate of drug-likeness (QED) is 0.777. The highest BCUT2D eigenvalue weighted by Crippen LogP contribution is 2.27. The molecule has 0 fully saturated rings. The van der Waals surface area contributed by atoms with E-state index in [9.17, 15) is 0 Å². The Kier molecular flexibility index (Phi) is 3.77. The highest BCUT2D eigenvalue weighted by atomic mass is 35.5. The summed E-state index contributed by atoms with van der Waals surface area (Å²) in [6.45, 7) is 3.19. The number of halogens is 1. The maximum absolute atomic E-state index is 6.24. The predicted octanol–water partition coefficient (Wildman–Crippen LogP) is 2.73. The zero-order valence-corrected chi connectivity index (χ0v) is 12.4. The molecule has 0 aliphatic rings. The van der Waals surface area contributed by atoms with Crippen molar-refractivity contribution in [3.05, 3.63) is 47.1 Å². The van der Waals surface area contributed by atoms with Crippen LogP contribution in [0.5, 0.6) is 0 Å².